The number of sulfonamides is 1. The Bertz CT molecular complexity index is 560. The Morgan fingerprint density at radius 1 is 1.35 bits per heavy atom. The molecule has 0 atom stereocenters. The third-order valence-electron chi connectivity index (χ3n) is 2.70. The minimum atomic E-state index is -3.46. The van der Waals surface area contributed by atoms with Gasteiger partial charge in [-0.05, 0) is 18.6 Å². The molecule has 1 amide bonds. The van der Waals surface area contributed by atoms with Crippen LogP contribution in [0.4, 0.5) is 10.1 Å². The highest BCUT2D eigenvalue weighted by Crippen LogP contribution is 2.12. The van der Waals surface area contributed by atoms with Crippen molar-refractivity contribution in [2.45, 2.75) is 19.8 Å². The minimum Gasteiger partial charge on any atom is -0.322 e. The zero-order chi connectivity index (χ0) is 15.2. The van der Waals surface area contributed by atoms with Crippen LogP contribution in [0.15, 0.2) is 24.3 Å². The number of nitrogens with zero attached hydrogens (tertiary/aromatic N) is 1. The van der Waals surface area contributed by atoms with Gasteiger partial charge >= 0.3 is 0 Å². The van der Waals surface area contributed by atoms with Crippen LogP contribution >= 0.6 is 0 Å². The highest BCUT2D eigenvalue weighted by Gasteiger charge is 2.19. The van der Waals surface area contributed by atoms with E-state index < -0.39 is 21.7 Å². The number of rotatable bonds is 7. The summed E-state index contributed by atoms with van der Waals surface area (Å²) in [7, 11) is -3.46. The van der Waals surface area contributed by atoms with Crippen molar-refractivity contribution >= 4 is 21.6 Å². The number of hydrogen-bond acceptors (Lipinski definition) is 3. The summed E-state index contributed by atoms with van der Waals surface area (Å²) in [6.07, 6.45) is 2.54. The van der Waals surface area contributed by atoms with E-state index in [1.807, 2.05) is 6.92 Å². The Balaban J connectivity index is 2.69. The van der Waals surface area contributed by atoms with Crippen molar-refractivity contribution in [3.63, 3.8) is 0 Å². The summed E-state index contributed by atoms with van der Waals surface area (Å²) in [5, 5.41) is 2.37. The monoisotopic (exact) mass is 302 g/mol. The van der Waals surface area contributed by atoms with Crippen LogP contribution in [0, 0.1) is 5.82 Å². The maximum absolute atomic E-state index is 13.4. The summed E-state index contributed by atoms with van der Waals surface area (Å²) in [4.78, 5) is 11.8. The summed E-state index contributed by atoms with van der Waals surface area (Å²) < 4.78 is 37.6. The number of nitrogens with one attached hydrogen (secondary N) is 1. The number of hydrogen-bond donors (Lipinski definition) is 1. The van der Waals surface area contributed by atoms with E-state index in [-0.39, 0.29) is 18.8 Å². The van der Waals surface area contributed by atoms with E-state index in [0.29, 0.717) is 6.42 Å². The number of unbranched alkanes of at least 4 members (excludes halogenated alkanes) is 1. The van der Waals surface area contributed by atoms with Crippen LogP contribution in [0.2, 0.25) is 0 Å². The molecular weight excluding hydrogens is 283 g/mol. The fraction of sp³-hybridized carbons (Fsp3) is 0.462. The second-order valence-electron chi connectivity index (χ2n) is 4.48. The lowest BCUT2D eigenvalue weighted by Gasteiger charge is -2.19. The molecule has 0 saturated heterocycles. The van der Waals surface area contributed by atoms with Crippen LogP contribution in [0.25, 0.3) is 0 Å². The zero-order valence-electron chi connectivity index (χ0n) is 11.6. The molecule has 0 saturated carbocycles. The summed E-state index contributed by atoms with van der Waals surface area (Å²) in [5.41, 5.74) is 0.0430. The first-order valence-corrected chi connectivity index (χ1v) is 8.19. The number of halogens is 1. The number of benzene rings is 1. The molecule has 1 aromatic carbocycles. The lowest BCUT2D eigenvalue weighted by Crippen LogP contribution is -2.38. The van der Waals surface area contributed by atoms with Crippen molar-refractivity contribution in [2.75, 3.05) is 24.7 Å². The Labute approximate surface area is 118 Å². The van der Waals surface area contributed by atoms with Gasteiger partial charge in [0.1, 0.15) is 5.82 Å². The molecule has 0 spiro atoms. The Morgan fingerprint density at radius 3 is 2.55 bits per heavy atom. The summed E-state index contributed by atoms with van der Waals surface area (Å²) in [5.74, 6) is -1.11. The normalized spacial score (nSPS) is 11.6. The fourth-order valence-electron chi connectivity index (χ4n) is 1.61. The van der Waals surface area contributed by atoms with Crippen LogP contribution in [0.1, 0.15) is 19.8 Å². The highest BCUT2D eigenvalue weighted by molar-refractivity contribution is 7.88. The molecule has 1 aromatic rings. The Hall–Kier alpha value is -1.47. The van der Waals surface area contributed by atoms with Crippen LogP contribution in [-0.2, 0) is 14.8 Å². The molecule has 0 radical (unpaired) electrons. The van der Waals surface area contributed by atoms with Crippen LogP contribution < -0.4 is 5.32 Å². The van der Waals surface area contributed by atoms with Gasteiger partial charge in [0.25, 0.3) is 0 Å². The van der Waals surface area contributed by atoms with E-state index in [4.69, 9.17) is 0 Å². The summed E-state index contributed by atoms with van der Waals surface area (Å²) in [6.45, 7) is 1.90. The van der Waals surface area contributed by atoms with E-state index in [0.717, 1.165) is 17.0 Å². The molecule has 0 unspecified atom stereocenters. The SMILES string of the molecule is CCCCN(CC(=O)Nc1ccccc1F)S(C)(=O)=O. The topological polar surface area (TPSA) is 66.5 Å². The molecule has 20 heavy (non-hydrogen) atoms. The first kappa shape index (κ1) is 16.6. The number of anilines is 1. The maximum atomic E-state index is 13.4. The number of carbonyl (C=O) groups is 1. The molecule has 0 heterocycles. The van der Waals surface area contributed by atoms with Gasteiger partial charge in [-0.3, -0.25) is 4.79 Å². The molecule has 1 N–H and O–H groups in total. The Kier molecular flexibility index (Phi) is 6.09. The molecular formula is C13H19FN2O3S. The van der Waals surface area contributed by atoms with E-state index >= 15 is 0 Å². The summed E-state index contributed by atoms with van der Waals surface area (Å²) in [6, 6.07) is 5.74. The van der Waals surface area contributed by atoms with E-state index in [2.05, 4.69) is 5.32 Å². The molecule has 5 nitrogen and oxygen atoms in total. The van der Waals surface area contributed by atoms with Gasteiger partial charge in [-0.25, -0.2) is 12.8 Å². The van der Waals surface area contributed by atoms with E-state index in [9.17, 15) is 17.6 Å². The van der Waals surface area contributed by atoms with Gasteiger partial charge in [-0.1, -0.05) is 25.5 Å². The molecule has 0 aliphatic rings. The zero-order valence-corrected chi connectivity index (χ0v) is 12.4. The first-order valence-electron chi connectivity index (χ1n) is 6.34. The van der Waals surface area contributed by atoms with Gasteiger partial charge in [0.15, 0.2) is 0 Å². The van der Waals surface area contributed by atoms with Crippen LogP contribution in [-0.4, -0.2) is 38.0 Å². The molecule has 0 fully saturated rings. The van der Waals surface area contributed by atoms with Crippen molar-refractivity contribution in [1.29, 1.82) is 0 Å². The average Bonchev–Trinajstić information content (AvgIpc) is 2.36. The van der Waals surface area contributed by atoms with Gasteiger partial charge in [0.2, 0.25) is 15.9 Å². The first-order chi connectivity index (χ1) is 9.34. The number of para-hydroxylation sites is 1. The highest BCUT2D eigenvalue weighted by atomic mass is 32.2. The minimum absolute atomic E-state index is 0.0430. The smallest absolute Gasteiger partial charge is 0.239 e. The number of carbonyl (C=O) groups excluding carboxylic acids is 1. The predicted molar refractivity (Wildman–Crippen MR) is 76.4 cm³/mol. The largest absolute Gasteiger partial charge is 0.322 e. The predicted octanol–water partition coefficient (Wildman–Crippen LogP) is 1.83. The molecule has 112 valence electrons. The van der Waals surface area contributed by atoms with Gasteiger partial charge < -0.3 is 5.32 Å². The third kappa shape index (κ3) is 5.26. The van der Waals surface area contributed by atoms with Crippen LogP contribution in [0.3, 0.4) is 0 Å². The number of amides is 1. The second-order valence-corrected chi connectivity index (χ2v) is 6.46. The van der Waals surface area contributed by atoms with E-state index in [1.54, 1.807) is 6.07 Å². The van der Waals surface area contributed by atoms with Crippen LogP contribution in [0.5, 0.6) is 0 Å². The fourth-order valence-corrected chi connectivity index (χ4v) is 2.42. The molecule has 0 aromatic heterocycles. The molecule has 0 aliphatic heterocycles. The molecule has 0 bridgehead atoms. The lowest BCUT2D eigenvalue weighted by atomic mass is 10.3. The van der Waals surface area contributed by atoms with Gasteiger partial charge in [-0.15, -0.1) is 0 Å². The van der Waals surface area contributed by atoms with Gasteiger partial charge in [0.05, 0.1) is 18.5 Å². The quantitative estimate of drug-likeness (QED) is 0.835. The van der Waals surface area contributed by atoms with Gasteiger partial charge in [0, 0.05) is 6.54 Å². The van der Waals surface area contributed by atoms with Crippen molar-refractivity contribution in [3.8, 4) is 0 Å². The third-order valence-corrected chi connectivity index (χ3v) is 3.95. The standard InChI is InChI=1S/C13H19FN2O3S/c1-3-4-9-16(20(2,18)19)10-13(17)15-12-8-6-5-7-11(12)14/h5-8H,3-4,9-10H2,1-2H3,(H,15,17). The summed E-state index contributed by atoms with van der Waals surface area (Å²) >= 11 is 0. The molecule has 1 rings (SSSR count). The Morgan fingerprint density at radius 2 is 2.00 bits per heavy atom. The van der Waals surface area contributed by atoms with Gasteiger partial charge in [-0.2, -0.15) is 4.31 Å². The lowest BCUT2D eigenvalue weighted by molar-refractivity contribution is -0.116. The maximum Gasteiger partial charge on any atom is 0.239 e. The molecule has 0 aliphatic carbocycles. The van der Waals surface area contributed by atoms with Crippen molar-refractivity contribution in [2.24, 2.45) is 0 Å². The second kappa shape index (κ2) is 7.35. The molecule has 7 heteroatoms. The van der Waals surface area contributed by atoms with Crippen molar-refractivity contribution in [1.82, 2.24) is 4.31 Å². The van der Waals surface area contributed by atoms with Crippen molar-refractivity contribution < 1.29 is 17.6 Å². The van der Waals surface area contributed by atoms with Crippen molar-refractivity contribution in [3.05, 3.63) is 30.1 Å². The average molecular weight is 302 g/mol. The van der Waals surface area contributed by atoms with E-state index in [1.165, 1.54) is 18.2 Å².